The number of anilines is 1. The monoisotopic (exact) mass is 295 g/mol. The molecular weight excluding hydrogens is 278 g/mol. The lowest BCUT2D eigenvalue weighted by atomic mass is 10.4. The Hall–Kier alpha value is -1.82. The Bertz CT molecular complexity index is 593. The van der Waals surface area contributed by atoms with Crippen LogP contribution in [0.2, 0.25) is 5.02 Å². The first-order valence-corrected chi connectivity index (χ1v) is 7.07. The molecule has 0 aliphatic carbocycles. The van der Waals surface area contributed by atoms with Gasteiger partial charge in [0.05, 0.1) is 11.9 Å². The highest BCUT2D eigenvalue weighted by atomic mass is 35.5. The highest BCUT2D eigenvalue weighted by Gasteiger charge is 2.08. The van der Waals surface area contributed by atoms with Gasteiger partial charge < -0.3 is 5.32 Å². The lowest BCUT2D eigenvalue weighted by Gasteiger charge is -2.09. The van der Waals surface area contributed by atoms with Crippen LogP contribution in [0.5, 0.6) is 0 Å². The molecule has 108 valence electrons. The zero-order valence-corrected chi connectivity index (χ0v) is 12.2. The summed E-state index contributed by atoms with van der Waals surface area (Å²) in [5.41, 5.74) is 0.343. The summed E-state index contributed by atoms with van der Waals surface area (Å²) in [7, 11) is 0. The maximum atomic E-state index is 11.9. The molecule has 0 bridgehead atoms. The smallest absolute Gasteiger partial charge is 0.287 e. The number of halogens is 1. The van der Waals surface area contributed by atoms with Gasteiger partial charge >= 0.3 is 0 Å². The molecule has 0 fully saturated rings. The predicted octanol–water partition coefficient (Wildman–Crippen LogP) is 2.01. The molecule has 0 radical (unpaired) electrons. The highest BCUT2D eigenvalue weighted by molar-refractivity contribution is 6.32. The van der Waals surface area contributed by atoms with E-state index in [1.165, 1.54) is 4.68 Å². The molecule has 0 aliphatic heterocycles. The molecule has 0 saturated heterocycles. The van der Waals surface area contributed by atoms with Crippen LogP contribution in [-0.4, -0.2) is 26.1 Å². The molecule has 0 amide bonds. The van der Waals surface area contributed by atoms with Crippen molar-refractivity contribution >= 4 is 17.3 Å². The fourth-order valence-corrected chi connectivity index (χ4v) is 2.07. The first-order valence-electron chi connectivity index (χ1n) is 6.69. The summed E-state index contributed by atoms with van der Waals surface area (Å²) in [5.74, 6) is 0. The summed E-state index contributed by atoms with van der Waals surface area (Å²) in [6.07, 6.45) is 7.01. The summed E-state index contributed by atoms with van der Waals surface area (Å²) in [4.78, 5) is 11.9. The van der Waals surface area contributed by atoms with Crippen LogP contribution in [0.15, 0.2) is 29.5 Å². The molecule has 0 spiro atoms. The van der Waals surface area contributed by atoms with Crippen LogP contribution in [0, 0.1) is 0 Å². The van der Waals surface area contributed by atoms with E-state index in [1.54, 1.807) is 12.4 Å². The SMILES string of the molecule is CCCn1ncc(NCCCn2cccn2)c(Cl)c1=O. The van der Waals surface area contributed by atoms with E-state index >= 15 is 0 Å². The van der Waals surface area contributed by atoms with E-state index in [2.05, 4.69) is 15.5 Å². The van der Waals surface area contributed by atoms with Crippen molar-refractivity contribution in [3.63, 3.8) is 0 Å². The Kier molecular flexibility index (Phi) is 5.17. The van der Waals surface area contributed by atoms with Crippen molar-refractivity contribution < 1.29 is 0 Å². The molecule has 0 unspecified atom stereocenters. The minimum atomic E-state index is -0.245. The molecule has 2 rings (SSSR count). The Morgan fingerprint density at radius 2 is 2.20 bits per heavy atom. The van der Waals surface area contributed by atoms with Crippen molar-refractivity contribution in [1.82, 2.24) is 19.6 Å². The van der Waals surface area contributed by atoms with E-state index in [0.717, 1.165) is 19.4 Å². The molecule has 6 nitrogen and oxygen atoms in total. The van der Waals surface area contributed by atoms with Crippen LogP contribution in [0.25, 0.3) is 0 Å². The molecular formula is C13H18ClN5O. The van der Waals surface area contributed by atoms with Crippen molar-refractivity contribution in [2.75, 3.05) is 11.9 Å². The minimum Gasteiger partial charge on any atom is -0.382 e. The average molecular weight is 296 g/mol. The van der Waals surface area contributed by atoms with Crippen LogP contribution in [0.3, 0.4) is 0 Å². The van der Waals surface area contributed by atoms with Crippen LogP contribution in [0.4, 0.5) is 5.69 Å². The first kappa shape index (κ1) is 14.6. The third kappa shape index (κ3) is 3.60. The second-order valence-electron chi connectivity index (χ2n) is 4.45. The largest absolute Gasteiger partial charge is 0.382 e. The molecule has 0 atom stereocenters. The Labute approximate surface area is 122 Å². The van der Waals surface area contributed by atoms with Crippen LogP contribution in [0.1, 0.15) is 19.8 Å². The second-order valence-corrected chi connectivity index (χ2v) is 4.83. The Morgan fingerprint density at radius 3 is 2.90 bits per heavy atom. The molecule has 0 aromatic carbocycles. The van der Waals surface area contributed by atoms with Crippen LogP contribution < -0.4 is 10.9 Å². The summed E-state index contributed by atoms with van der Waals surface area (Å²) in [6, 6.07) is 1.89. The van der Waals surface area contributed by atoms with Gasteiger partial charge in [0, 0.05) is 32.0 Å². The van der Waals surface area contributed by atoms with Gasteiger partial charge in [0.2, 0.25) is 0 Å². The number of nitrogens with zero attached hydrogens (tertiary/aromatic N) is 4. The zero-order chi connectivity index (χ0) is 14.4. The number of aryl methyl sites for hydroxylation is 2. The number of hydrogen-bond acceptors (Lipinski definition) is 4. The summed E-state index contributed by atoms with van der Waals surface area (Å²) in [6.45, 7) is 4.10. The van der Waals surface area contributed by atoms with Crippen molar-refractivity contribution in [1.29, 1.82) is 0 Å². The van der Waals surface area contributed by atoms with E-state index in [1.807, 2.05) is 23.9 Å². The minimum absolute atomic E-state index is 0.201. The number of aromatic nitrogens is 4. The molecule has 2 aromatic rings. The summed E-state index contributed by atoms with van der Waals surface area (Å²) >= 11 is 6.06. The number of hydrogen-bond donors (Lipinski definition) is 1. The van der Waals surface area contributed by atoms with Gasteiger partial charge in [-0.15, -0.1) is 0 Å². The number of nitrogens with one attached hydrogen (secondary N) is 1. The normalized spacial score (nSPS) is 10.7. The molecule has 20 heavy (non-hydrogen) atoms. The van der Waals surface area contributed by atoms with Gasteiger partial charge in [-0.2, -0.15) is 10.2 Å². The van der Waals surface area contributed by atoms with Crippen LogP contribution in [-0.2, 0) is 13.1 Å². The van der Waals surface area contributed by atoms with E-state index in [4.69, 9.17) is 11.6 Å². The van der Waals surface area contributed by atoms with Gasteiger partial charge in [0.15, 0.2) is 0 Å². The molecule has 7 heteroatoms. The van der Waals surface area contributed by atoms with E-state index in [-0.39, 0.29) is 10.6 Å². The van der Waals surface area contributed by atoms with E-state index in [9.17, 15) is 4.79 Å². The standard InChI is InChI=1S/C13H18ClN5O/c1-2-7-19-13(20)12(14)11(10-17-19)15-5-3-8-18-9-4-6-16-18/h4,6,9-10,15H,2-3,5,7-8H2,1H3. The van der Waals surface area contributed by atoms with Crippen molar-refractivity contribution in [2.45, 2.75) is 32.9 Å². The number of rotatable bonds is 7. The molecule has 1 N–H and O–H groups in total. The van der Waals surface area contributed by atoms with Crippen molar-refractivity contribution in [2.24, 2.45) is 0 Å². The fraction of sp³-hybridized carbons (Fsp3) is 0.462. The molecule has 2 heterocycles. The van der Waals surface area contributed by atoms with Gasteiger partial charge in [-0.3, -0.25) is 9.48 Å². The summed E-state index contributed by atoms with van der Waals surface area (Å²) < 4.78 is 3.25. The van der Waals surface area contributed by atoms with Crippen molar-refractivity contribution in [3.8, 4) is 0 Å². The van der Waals surface area contributed by atoms with Gasteiger partial charge in [0.1, 0.15) is 5.02 Å². The fourth-order valence-electron chi connectivity index (χ4n) is 1.86. The second kappa shape index (κ2) is 7.09. The van der Waals surface area contributed by atoms with Gasteiger partial charge in [-0.25, -0.2) is 4.68 Å². The topological polar surface area (TPSA) is 64.7 Å². The maximum Gasteiger partial charge on any atom is 0.287 e. The molecule has 0 aliphatic rings. The van der Waals surface area contributed by atoms with Crippen LogP contribution >= 0.6 is 11.6 Å². The predicted molar refractivity (Wildman–Crippen MR) is 79.1 cm³/mol. The summed E-state index contributed by atoms with van der Waals surface area (Å²) in [5, 5.41) is 11.6. The lowest BCUT2D eigenvalue weighted by Crippen LogP contribution is -2.24. The average Bonchev–Trinajstić information content (AvgIpc) is 2.95. The highest BCUT2D eigenvalue weighted by Crippen LogP contribution is 2.15. The zero-order valence-electron chi connectivity index (χ0n) is 11.4. The third-order valence-corrected chi connectivity index (χ3v) is 3.22. The Morgan fingerprint density at radius 1 is 1.35 bits per heavy atom. The quantitative estimate of drug-likeness (QED) is 0.794. The Balaban J connectivity index is 1.89. The lowest BCUT2D eigenvalue weighted by molar-refractivity contribution is 0.567. The van der Waals surface area contributed by atoms with E-state index in [0.29, 0.717) is 18.8 Å². The van der Waals surface area contributed by atoms with Gasteiger partial charge in [-0.05, 0) is 18.9 Å². The molecule has 0 saturated carbocycles. The first-order chi connectivity index (χ1) is 9.72. The van der Waals surface area contributed by atoms with Gasteiger partial charge in [-0.1, -0.05) is 18.5 Å². The van der Waals surface area contributed by atoms with Crippen molar-refractivity contribution in [3.05, 3.63) is 40.0 Å². The van der Waals surface area contributed by atoms with E-state index < -0.39 is 0 Å². The molecule has 2 aromatic heterocycles. The third-order valence-electron chi connectivity index (χ3n) is 2.86. The maximum absolute atomic E-state index is 11.9. The van der Waals surface area contributed by atoms with Gasteiger partial charge in [0.25, 0.3) is 5.56 Å².